The first-order chi connectivity index (χ1) is 11.1. The van der Waals surface area contributed by atoms with Gasteiger partial charge in [-0.15, -0.1) is 0 Å². The van der Waals surface area contributed by atoms with Crippen LogP contribution in [0.2, 0.25) is 0 Å². The van der Waals surface area contributed by atoms with E-state index < -0.39 is 5.63 Å². The largest absolute Gasteiger partial charge is 0.507 e. The lowest BCUT2D eigenvalue weighted by Gasteiger charge is -2.09. The number of hydrogen-bond acceptors (Lipinski definition) is 5. The quantitative estimate of drug-likeness (QED) is 0.644. The molecule has 0 aliphatic carbocycles. The maximum Gasteiger partial charge on any atom is 0.347 e. The molecule has 118 valence electrons. The third-order valence-corrected chi connectivity index (χ3v) is 3.71. The first-order valence-electron chi connectivity index (χ1n) is 7.29. The molecule has 3 aromatic rings. The minimum absolute atomic E-state index is 0.0245. The van der Waals surface area contributed by atoms with E-state index in [0.29, 0.717) is 18.4 Å². The summed E-state index contributed by atoms with van der Waals surface area (Å²) in [5.41, 5.74) is 0.722. The number of aromatic hydroxyl groups is 2. The maximum atomic E-state index is 12.2. The van der Waals surface area contributed by atoms with Crippen LogP contribution in [-0.4, -0.2) is 21.9 Å². The number of phenolic OH excluding ortho intramolecular Hbond substituents is 1. The van der Waals surface area contributed by atoms with Gasteiger partial charge in [0.1, 0.15) is 28.0 Å². The van der Waals surface area contributed by atoms with Crippen molar-refractivity contribution < 1.29 is 19.7 Å². The van der Waals surface area contributed by atoms with E-state index in [1.165, 1.54) is 6.07 Å². The molecule has 0 bridgehead atoms. The van der Waals surface area contributed by atoms with Crippen LogP contribution in [0.25, 0.3) is 22.1 Å². The van der Waals surface area contributed by atoms with E-state index in [-0.39, 0.29) is 34.6 Å². The Bertz CT molecular complexity index is 897. The van der Waals surface area contributed by atoms with Gasteiger partial charge in [-0.05, 0) is 36.1 Å². The Morgan fingerprint density at radius 1 is 1.04 bits per heavy atom. The van der Waals surface area contributed by atoms with Crippen LogP contribution in [0.1, 0.15) is 12.0 Å². The molecule has 2 aromatic carbocycles. The zero-order chi connectivity index (χ0) is 16.4. The van der Waals surface area contributed by atoms with E-state index in [1.807, 2.05) is 0 Å². The molecule has 0 spiro atoms. The first kappa shape index (κ1) is 15.1. The zero-order valence-corrected chi connectivity index (χ0v) is 12.3. The third kappa shape index (κ3) is 2.78. The third-order valence-electron chi connectivity index (χ3n) is 3.71. The number of aliphatic hydroxyl groups excluding tert-OH is 1. The minimum Gasteiger partial charge on any atom is -0.507 e. The molecular formula is C18H16O5. The molecule has 5 heteroatoms. The molecule has 23 heavy (non-hydrogen) atoms. The smallest absolute Gasteiger partial charge is 0.347 e. The fraction of sp³-hybridized carbons (Fsp3) is 0.167. The van der Waals surface area contributed by atoms with Crippen LogP contribution in [0, 0.1) is 0 Å². The van der Waals surface area contributed by atoms with Gasteiger partial charge in [-0.25, -0.2) is 4.79 Å². The van der Waals surface area contributed by atoms with Crippen molar-refractivity contribution in [3.63, 3.8) is 0 Å². The number of benzene rings is 2. The Morgan fingerprint density at radius 2 is 1.78 bits per heavy atom. The molecule has 3 N–H and O–H groups in total. The van der Waals surface area contributed by atoms with Crippen LogP contribution in [0.4, 0.5) is 0 Å². The fourth-order valence-electron chi connectivity index (χ4n) is 2.63. The number of rotatable bonds is 4. The average molecular weight is 312 g/mol. The number of phenols is 1. The summed E-state index contributed by atoms with van der Waals surface area (Å²) in [7, 11) is 0. The molecule has 0 atom stereocenters. The maximum absolute atomic E-state index is 12.2. The van der Waals surface area contributed by atoms with E-state index in [4.69, 9.17) is 9.52 Å². The van der Waals surface area contributed by atoms with Crippen LogP contribution in [0.15, 0.2) is 51.7 Å². The molecule has 0 radical (unpaired) electrons. The van der Waals surface area contributed by atoms with Crippen molar-refractivity contribution in [1.29, 1.82) is 0 Å². The van der Waals surface area contributed by atoms with E-state index in [0.717, 1.165) is 5.56 Å². The molecule has 1 heterocycles. The molecule has 0 unspecified atom stereocenters. The van der Waals surface area contributed by atoms with Crippen LogP contribution < -0.4 is 5.63 Å². The monoisotopic (exact) mass is 312 g/mol. The topological polar surface area (TPSA) is 90.9 Å². The number of aryl methyl sites for hydroxylation is 1. The van der Waals surface area contributed by atoms with Crippen molar-refractivity contribution in [2.24, 2.45) is 0 Å². The predicted molar refractivity (Wildman–Crippen MR) is 86.7 cm³/mol. The summed E-state index contributed by atoms with van der Waals surface area (Å²) in [5, 5.41) is 29.7. The fourth-order valence-corrected chi connectivity index (χ4v) is 2.63. The Morgan fingerprint density at radius 3 is 2.48 bits per heavy atom. The zero-order valence-electron chi connectivity index (χ0n) is 12.3. The Kier molecular flexibility index (Phi) is 4.04. The van der Waals surface area contributed by atoms with Gasteiger partial charge < -0.3 is 19.7 Å². The van der Waals surface area contributed by atoms with Crippen molar-refractivity contribution >= 4 is 11.0 Å². The average Bonchev–Trinajstić information content (AvgIpc) is 2.53. The van der Waals surface area contributed by atoms with Crippen LogP contribution in [0.5, 0.6) is 11.5 Å². The molecule has 1 aromatic heterocycles. The summed E-state index contributed by atoms with van der Waals surface area (Å²) in [6.45, 7) is 0.0287. The highest BCUT2D eigenvalue weighted by molar-refractivity contribution is 5.95. The molecule has 0 aliphatic heterocycles. The second kappa shape index (κ2) is 6.14. The first-order valence-corrected chi connectivity index (χ1v) is 7.29. The van der Waals surface area contributed by atoms with E-state index in [9.17, 15) is 15.0 Å². The van der Waals surface area contributed by atoms with Gasteiger partial charge in [-0.1, -0.05) is 30.3 Å². The van der Waals surface area contributed by atoms with Gasteiger partial charge in [0, 0.05) is 6.61 Å². The van der Waals surface area contributed by atoms with Gasteiger partial charge in [-0.2, -0.15) is 0 Å². The predicted octanol–water partition coefficient (Wildman–Crippen LogP) is 2.80. The van der Waals surface area contributed by atoms with Crippen molar-refractivity contribution in [1.82, 2.24) is 0 Å². The van der Waals surface area contributed by atoms with Crippen molar-refractivity contribution in [3.05, 3.63) is 58.4 Å². The standard InChI is InChI=1S/C18H16O5/c19-8-4-5-11-9-13(20)16-14(10-11)23-18(22)15(17(16)21)12-6-2-1-3-7-12/h1-3,6-7,9-10,19-21H,4-5,8H2. The molecule has 0 fully saturated rings. The van der Waals surface area contributed by atoms with Gasteiger partial charge in [0.25, 0.3) is 0 Å². The minimum atomic E-state index is -0.667. The van der Waals surface area contributed by atoms with Crippen molar-refractivity contribution in [3.8, 4) is 22.6 Å². The summed E-state index contributed by atoms with van der Waals surface area (Å²) in [4.78, 5) is 12.2. The summed E-state index contributed by atoms with van der Waals surface area (Å²) >= 11 is 0. The lowest BCUT2D eigenvalue weighted by Crippen LogP contribution is -2.04. The van der Waals surface area contributed by atoms with E-state index >= 15 is 0 Å². The molecule has 3 rings (SSSR count). The summed E-state index contributed by atoms with van der Waals surface area (Å²) in [6.07, 6.45) is 1.06. The molecular weight excluding hydrogens is 296 g/mol. The molecule has 5 nitrogen and oxygen atoms in total. The van der Waals surface area contributed by atoms with Crippen LogP contribution in [0.3, 0.4) is 0 Å². The van der Waals surface area contributed by atoms with Crippen LogP contribution >= 0.6 is 0 Å². The van der Waals surface area contributed by atoms with Gasteiger partial charge >= 0.3 is 5.63 Å². The van der Waals surface area contributed by atoms with E-state index in [2.05, 4.69) is 0 Å². The Balaban J connectivity index is 2.24. The summed E-state index contributed by atoms with van der Waals surface area (Å²) in [5.74, 6) is -0.456. The Labute approximate surface area is 132 Å². The highest BCUT2D eigenvalue weighted by Gasteiger charge is 2.19. The highest BCUT2D eigenvalue weighted by atomic mass is 16.4. The molecule has 0 amide bonds. The Hall–Kier alpha value is -2.79. The second-order valence-electron chi connectivity index (χ2n) is 5.29. The molecule has 0 saturated carbocycles. The van der Waals surface area contributed by atoms with Crippen LogP contribution in [-0.2, 0) is 6.42 Å². The number of aliphatic hydroxyl groups is 1. The number of fused-ring (bicyclic) bond motifs is 1. The summed E-state index contributed by atoms with van der Waals surface area (Å²) < 4.78 is 5.29. The summed E-state index contributed by atoms with van der Waals surface area (Å²) in [6, 6.07) is 11.8. The molecule has 0 saturated heterocycles. The SMILES string of the molecule is O=c1oc2cc(CCCO)cc(O)c2c(O)c1-c1ccccc1. The van der Waals surface area contributed by atoms with Gasteiger partial charge in [0.2, 0.25) is 0 Å². The lowest BCUT2D eigenvalue weighted by atomic mass is 10.0. The van der Waals surface area contributed by atoms with Gasteiger partial charge in [-0.3, -0.25) is 0 Å². The van der Waals surface area contributed by atoms with Gasteiger partial charge in [0.05, 0.1) is 0 Å². The number of hydrogen-bond donors (Lipinski definition) is 3. The van der Waals surface area contributed by atoms with Crippen molar-refractivity contribution in [2.45, 2.75) is 12.8 Å². The molecule has 0 aliphatic rings. The lowest BCUT2D eigenvalue weighted by molar-refractivity contribution is 0.288. The normalized spacial score (nSPS) is 11.0. The van der Waals surface area contributed by atoms with Crippen molar-refractivity contribution in [2.75, 3.05) is 6.61 Å². The highest BCUT2D eigenvalue weighted by Crippen LogP contribution is 2.38. The second-order valence-corrected chi connectivity index (χ2v) is 5.29. The van der Waals surface area contributed by atoms with E-state index in [1.54, 1.807) is 36.4 Å². The van der Waals surface area contributed by atoms with Gasteiger partial charge in [0.15, 0.2) is 0 Å².